The van der Waals surface area contributed by atoms with E-state index in [9.17, 15) is 18.3 Å². The van der Waals surface area contributed by atoms with Gasteiger partial charge in [-0.1, -0.05) is 15.1 Å². The first kappa shape index (κ1) is 48.5. The normalized spacial score (nSPS) is 12.1. The highest BCUT2D eigenvalue weighted by Crippen LogP contribution is 2.48. The number of nitrogens with zero attached hydrogens (tertiary/aromatic N) is 5. The molecule has 0 bridgehead atoms. The highest BCUT2D eigenvalue weighted by Gasteiger charge is 2.23. The number of azo groups is 2. The van der Waals surface area contributed by atoms with Gasteiger partial charge in [-0.05, 0) is 61.0 Å². The topological polar surface area (TPSA) is 313 Å². The number of phenolic OH excluding ortho intramolecular Hbond substituents is 1. The van der Waals surface area contributed by atoms with Gasteiger partial charge in [0.05, 0.1) is 96.2 Å². The van der Waals surface area contributed by atoms with Crippen molar-refractivity contribution in [3.05, 3.63) is 54.1 Å². The summed E-state index contributed by atoms with van der Waals surface area (Å²) >= 11 is 2.21. The summed E-state index contributed by atoms with van der Waals surface area (Å²) < 4.78 is 50.6. The largest absolute Gasteiger partial charge is 0.505 e. The zero-order valence-electron chi connectivity index (χ0n) is 30.9. The maximum atomic E-state index is 13.1. The van der Waals surface area contributed by atoms with Crippen LogP contribution in [0.5, 0.6) is 11.5 Å². The molecule has 0 unspecified atom stereocenters. The lowest BCUT2D eigenvalue weighted by Crippen LogP contribution is -2.38. The number of fused-ring (bicyclic) bond motifs is 1. The monoisotopic (exact) mass is 909 g/mol. The van der Waals surface area contributed by atoms with Crippen LogP contribution in [0.3, 0.4) is 0 Å². The molecule has 0 amide bonds. The minimum atomic E-state index is -3.73. The van der Waals surface area contributed by atoms with Crippen LogP contribution in [0.4, 0.5) is 28.4 Å². The molecular weight excluding hydrogens is 873 g/mol. The number of hydrogen-bond acceptors (Lipinski definition) is 24. The summed E-state index contributed by atoms with van der Waals surface area (Å²) in [5.74, 6) is -1.28. The molecule has 4 aromatic rings. The van der Waals surface area contributed by atoms with Crippen molar-refractivity contribution in [3.8, 4) is 11.5 Å². The Labute approximate surface area is 347 Å². The number of nitrogen functional groups attached to an aromatic ring is 1. The summed E-state index contributed by atoms with van der Waals surface area (Å²) in [5.41, 5.74) is 7.29. The predicted octanol–water partition coefficient (Wildman–Crippen LogP) is 7.41. The van der Waals surface area contributed by atoms with Gasteiger partial charge in [-0.15, -0.1) is 33.5 Å². The quantitative estimate of drug-likeness (QED) is 0.0103. The van der Waals surface area contributed by atoms with Crippen LogP contribution in [0.2, 0.25) is 0 Å². The Kier molecular flexibility index (Phi) is 18.8. The van der Waals surface area contributed by atoms with Gasteiger partial charge in [-0.25, -0.2) is 24.2 Å². The van der Waals surface area contributed by atoms with E-state index in [1.807, 2.05) is 21.1 Å². The second-order valence-corrected chi connectivity index (χ2v) is 17.2. The zero-order valence-corrected chi connectivity index (χ0v) is 35.0. The fraction of sp³-hybridized carbons (Fsp3) is 0.258. The molecule has 27 heteroatoms. The molecule has 316 valence electrons. The number of rotatable bonds is 21. The number of sulfone groups is 1. The summed E-state index contributed by atoms with van der Waals surface area (Å²) in [6.45, 7) is 2.06. The molecule has 22 nitrogen and oxygen atoms in total. The van der Waals surface area contributed by atoms with E-state index >= 15 is 0 Å². The molecule has 0 fully saturated rings. The highest BCUT2D eigenvalue weighted by molar-refractivity contribution is 7.96. The first-order valence-corrected chi connectivity index (χ1v) is 20.4. The predicted molar refractivity (Wildman–Crippen MR) is 212 cm³/mol. The van der Waals surface area contributed by atoms with Crippen molar-refractivity contribution in [1.82, 2.24) is 0 Å². The van der Waals surface area contributed by atoms with Gasteiger partial charge in [0.2, 0.25) is 0 Å². The number of nitrogens with two attached hydrogens (primary N) is 1. The summed E-state index contributed by atoms with van der Waals surface area (Å²) in [5, 5.41) is 65.9. The van der Waals surface area contributed by atoms with Crippen molar-refractivity contribution in [3.63, 3.8) is 0 Å². The van der Waals surface area contributed by atoms with E-state index in [2.05, 4.69) is 48.6 Å². The standard InChI is InChI=1S/C31H34N6O15S5.H2O/c1-17-12-23(24(45-5)15-25(17)54-46-28(38)16-53-50-47-40)34-36-30-27(56-52-49-42)14-20-19(31(30)39)7-8-21(32)29(20)35-33-22-9-6-18(13-26(22)55-51-48-41)57(43,44)11-10-37(2,3)4;/h6-9,12-15H,10-11,16,32H2,1-5H3,(H3-,39,40,41,42);1H2/p+1. The molecule has 0 saturated carbocycles. The summed E-state index contributed by atoms with van der Waals surface area (Å²) in [7, 11) is 3.26. The fourth-order valence-corrected chi connectivity index (χ4v) is 8.09. The Bertz CT molecular complexity index is 2230. The molecule has 0 aliphatic rings. The Morgan fingerprint density at radius 2 is 1.45 bits per heavy atom. The van der Waals surface area contributed by atoms with Crippen LogP contribution in [0.1, 0.15) is 5.56 Å². The van der Waals surface area contributed by atoms with Gasteiger partial charge in [0, 0.05) is 22.8 Å². The molecule has 8 N–H and O–H groups in total. The number of aromatic hydroxyl groups is 1. The van der Waals surface area contributed by atoms with Crippen LogP contribution in [0.25, 0.3) is 10.8 Å². The van der Waals surface area contributed by atoms with Gasteiger partial charge < -0.3 is 29.7 Å². The molecule has 0 saturated heterocycles. The number of ether oxygens (including phenoxy) is 1. The molecule has 0 atom stereocenters. The minimum absolute atomic E-state index is 0. The molecule has 0 radical (unpaired) electrons. The Morgan fingerprint density at radius 1 is 0.793 bits per heavy atom. The van der Waals surface area contributed by atoms with Gasteiger partial charge in [-0.3, -0.25) is 4.79 Å². The number of methoxy groups -OCH3 is 1. The summed E-state index contributed by atoms with van der Waals surface area (Å²) in [6, 6.07) is 11.6. The number of aryl methyl sites for hydroxylation is 1. The first-order chi connectivity index (χ1) is 27.1. The highest BCUT2D eigenvalue weighted by atomic mass is 32.2. The van der Waals surface area contributed by atoms with Gasteiger partial charge in [0.15, 0.2) is 15.6 Å². The lowest BCUT2D eigenvalue weighted by atomic mass is 10.1. The van der Waals surface area contributed by atoms with E-state index < -0.39 is 21.6 Å². The van der Waals surface area contributed by atoms with Crippen molar-refractivity contribution < 1.29 is 81.1 Å². The number of quaternary nitrogens is 1. The van der Waals surface area contributed by atoms with Crippen LogP contribution in [-0.2, 0) is 46.9 Å². The molecule has 4 rings (SSSR count). The smallest absolute Gasteiger partial charge is 0.330 e. The Hall–Kier alpha value is -3.88. The third-order valence-electron chi connectivity index (χ3n) is 7.34. The van der Waals surface area contributed by atoms with E-state index in [0.29, 0.717) is 57.6 Å². The number of anilines is 1. The SMILES string of the molecule is COc1cc(SOC(=O)CSOOO)c(C)cc1N=Nc1c(SOOO)cc2c(N=Nc3ccc(S(=O)(=O)CC[N+](C)(C)C)cc3SOOO)c(N)ccc2c1O.O. The van der Waals surface area contributed by atoms with Gasteiger partial charge in [0.25, 0.3) is 0 Å². The first-order valence-electron chi connectivity index (χ1n) is 15.7. The van der Waals surface area contributed by atoms with Gasteiger partial charge in [0.1, 0.15) is 40.0 Å². The lowest BCUT2D eigenvalue weighted by molar-refractivity contribution is -0.867. The number of hydrogen-bond donors (Lipinski definition) is 5. The van der Waals surface area contributed by atoms with Gasteiger partial charge >= 0.3 is 5.97 Å². The molecule has 0 aromatic heterocycles. The van der Waals surface area contributed by atoms with Crippen LogP contribution in [0, 0.1) is 6.92 Å². The Morgan fingerprint density at radius 3 is 2.10 bits per heavy atom. The van der Waals surface area contributed by atoms with Crippen LogP contribution in [-0.4, -0.2) is 91.5 Å². The van der Waals surface area contributed by atoms with Crippen molar-refractivity contribution in [2.75, 3.05) is 52.0 Å². The molecule has 58 heavy (non-hydrogen) atoms. The minimum Gasteiger partial charge on any atom is -0.505 e. The van der Waals surface area contributed by atoms with Crippen molar-refractivity contribution in [2.24, 2.45) is 20.5 Å². The van der Waals surface area contributed by atoms with Crippen molar-refractivity contribution in [2.45, 2.75) is 26.5 Å². The fourth-order valence-electron chi connectivity index (χ4n) is 4.55. The third kappa shape index (κ3) is 13.3. The average molecular weight is 910 g/mol. The number of benzene rings is 4. The number of phenols is 1. The van der Waals surface area contributed by atoms with Crippen LogP contribution in [0.15, 0.2) is 88.6 Å². The van der Waals surface area contributed by atoms with Crippen LogP contribution >= 0.6 is 48.2 Å². The van der Waals surface area contributed by atoms with E-state index in [1.54, 1.807) is 19.1 Å². The molecule has 0 spiro atoms. The van der Waals surface area contributed by atoms with E-state index in [0.717, 1.165) is 12.0 Å². The number of carbonyl (C=O) groups excluding carboxylic acids is 1. The van der Waals surface area contributed by atoms with Gasteiger partial charge in [-0.2, -0.15) is 0 Å². The van der Waals surface area contributed by atoms with E-state index in [4.69, 9.17) is 30.4 Å². The maximum Gasteiger partial charge on any atom is 0.330 e. The average Bonchev–Trinajstić information content (AvgIpc) is 3.17. The second kappa shape index (κ2) is 22.5. The summed E-state index contributed by atoms with van der Waals surface area (Å²) in [4.78, 5) is 12.6. The summed E-state index contributed by atoms with van der Waals surface area (Å²) in [6.07, 6.45) is 0. The lowest BCUT2D eigenvalue weighted by Gasteiger charge is -2.23. The number of carbonyl (C=O) groups is 1. The van der Waals surface area contributed by atoms with E-state index in [-0.39, 0.29) is 76.6 Å². The van der Waals surface area contributed by atoms with Crippen molar-refractivity contribution >= 4 is 103 Å². The van der Waals surface area contributed by atoms with Crippen molar-refractivity contribution in [1.29, 1.82) is 0 Å². The second-order valence-electron chi connectivity index (χ2n) is 12.2. The molecule has 0 heterocycles. The van der Waals surface area contributed by atoms with E-state index in [1.165, 1.54) is 43.5 Å². The molecule has 4 aromatic carbocycles. The maximum absolute atomic E-state index is 13.1. The zero-order chi connectivity index (χ0) is 41.8. The Balaban J connectivity index is 0.00000900. The van der Waals surface area contributed by atoms with Crippen LogP contribution < -0.4 is 10.5 Å². The molecular formula is C31H37N6O16S5+. The molecule has 0 aliphatic carbocycles. The molecule has 0 aliphatic heterocycles. The third-order valence-corrected chi connectivity index (χ3v) is 11.7.